The van der Waals surface area contributed by atoms with Crippen molar-refractivity contribution in [1.29, 1.82) is 0 Å². The summed E-state index contributed by atoms with van der Waals surface area (Å²) in [4.78, 5) is 20.2. The van der Waals surface area contributed by atoms with Crippen LogP contribution in [0.3, 0.4) is 0 Å². The van der Waals surface area contributed by atoms with Crippen molar-refractivity contribution in [3.63, 3.8) is 0 Å². The van der Waals surface area contributed by atoms with Gasteiger partial charge in [0.15, 0.2) is 0 Å². The molecule has 5 atom stereocenters. The Balaban J connectivity index is 1.04. The molecule has 2 N–H and O–H groups in total. The summed E-state index contributed by atoms with van der Waals surface area (Å²) in [5, 5.41) is 13.6. The molecule has 41 heavy (non-hydrogen) atoms. The van der Waals surface area contributed by atoms with Crippen LogP contribution in [0.5, 0.6) is 0 Å². The number of hydrogen-bond acceptors (Lipinski definition) is 6. The van der Waals surface area contributed by atoms with Crippen molar-refractivity contribution < 1.29 is 18.3 Å². The molecule has 2 heterocycles. The summed E-state index contributed by atoms with van der Waals surface area (Å²) in [5.41, 5.74) is 4.20. The first-order valence-electron chi connectivity index (χ1n) is 15.1. The molecule has 3 unspecified atom stereocenters. The molecule has 4 saturated carbocycles. The van der Waals surface area contributed by atoms with Crippen molar-refractivity contribution in [2.24, 2.45) is 23.2 Å². The molecule has 4 aliphatic carbocycles. The third-order valence-electron chi connectivity index (χ3n) is 10.5. The molecule has 220 valence electrons. The van der Waals surface area contributed by atoms with Crippen molar-refractivity contribution in [3.05, 3.63) is 48.5 Å². The molecule has 2 aromatic carbocycles. The first-order chi connectivity index (χ1) is 19.7. The van der Waals surface area contributed by atoms with Crippen LogP contribution in [0.4, 0.5) is 27.5 Å². The van der Waals surface area contributed by atoms with Gasteiger partial charge in [-0.05, 0) is 91.7 Å². The van der Waals surface area contributed by atoms with Crippen molar-refractivity contribution in [3.8, 4) is 0 Å². The van der Waals surface area contributed by atoms with Gasteiger partial charge in [0.25, 0.3) is 0 Å². The first kappa shape index (κ1) is 27.0. The fourth-order valence-electron chi connectivity index (χ4n) is 8.80. The number of aliphatic hydroxyl groups is 1. The second kappa shape index (κ2) is 10.2. The first-order valence-corrected chi connectivity index (χ1v) is 16.9. The van der Waals surface area contributed by atoms with E-state index in [4.69, 9.17) is 0 Å². The Labute approximate surface area is 243 Å². The summed E-state index contributed by atoms with van der Waals surface area (Å²) in [5.74, 6) is 1.66. The number of benzene rings is 2. The van der Waals surface area contributed by atoms with Gasteiger partial charge in [-0.1, -0.05) is 12.1 Å². The van der Waals surface area contributed by atoms with Crippen molar-refractivity contribution >= 4 is 38.8 Å². The minimum Gasteiger partial charge on any atom is -0.396 e. The number of nitrogens with one attached hydrogen (secondary N) is 1. The maximum Gasteiger partial charge on any atom is 0.322 e. The largest absolute Gasteiger partial charge is 0.396 e. The van der Waals surface area contributed by atoms with Gasteiger partial charge in [-0.2, -0.15) is 4.31 Å². The lowest BCUT2D eigenvalue weighted by molar-refractivity contribution is -0.0963. The average Bonchev–Trinajstić information content (AvgIpc) is 2.98. The second-order valence-electron chi connectivity index (χ2n) is 13.1. The van der Waals surface area contributed by atoms with Gasteiger partial charge < -0.3 is 20.2 Å². The maximum absolute atomic E-state index is 13.8. The third kappa shape index (κ3) is 4.87. The topological polar surface area (TPSA) is 96.4 Å². The molecule has 2 aliphatic heterocycles. The fraction of sp³-hybridized carbons (Fsp3) is 0.581. The second-order valence-corrected chi connectivity index (χ2v) is 15.0. The van der Waals surface area contributed by atoms with E-state index in [0.717, 1.165) is 42.0 Å². The third-order valence-corrected chi connectivity index (χ3v) is 11.8. The number of hydrogen-bond donors (Lipinski definition) is 2. The summed E-state index contributed by atoms with van der Waals surface area (Å²) in [6, 6.07) is 16.8. The van der Waals surface area contributed by atoms with E-state index in [1.807, 2.05) is 23.1 Å². The highest BCUT2D eigenvalue weighted by molar-refractivity contribution is 7.88. The highest BCUT2D eigenvalue weighted by Crippen LogP contribution is 2.59. The van der Waals surface area contributed by atoms with E-state index in [9.17, 15) is 18.3 Å². The van der Waals surface area contributed by atoms with Crippen LogP contribution in [-0.2, 0) is 10.0 Å². The number of aliphatic hydroxyl groups excluding tert-OH is 1. The van der Waals surface area contributed by atoms with Crippen LogP contribution in [0.25, 0.3) is 0 Å². The van der Waals surface area contributed by atoms with E-state index in [1.165, 1.54) is 19.1 Å². The molecular formula is C31H41N5O4S. The molecule has 8 rings (SSSR count). The monoisotopic (exact) mass is 579 g/mol. The summed E-state index contributed by atoms with van der Waals surface area (Å²) in [7, 11) is -3.15. The van der Waals surface area contributed by atoms with Crippen molar-refractivity contribution in [2.45, 2.75) is 38.1 Å². The molecule has 2 amide bonds. The Morgan fingerprint density at radius 1 is 0.878 bits per heavy atom. The number of fused-ring (bicyclic) bond motifs is 1. The molecule has 1 saturated heterocycles. The molecule has 10 heteroatoms. The zero-order valence-electron chi connectivity index (χ0n) is 23.8. The predicted molar refractivity (Wildman–Crippen MR) is 161 cm³/mol. The van der Waals surface area contributed by atoms with Crippen molar-refractivity contribution in [2.75, 3.05) is 66.8 Å². The minimum absolute atomic E-state index is 0.00351. The Morgan fingerprint density at radius 2 is 1.51 bits per heavy atom. The van der Waals surface area contributed by atoms with Crippen LogP contribution in [-0.4, -0.2) is 82.0 Å². The van der Waals surface area contributed by atoms with Gasteiger partial charge in [0.1, 0.15) is 0 Å². The fourth-order valence-corrected chi connectivity index (χ4v) is 9.63. The van der Waals surface area contributed by atoms with Crippen LogP contribution in [0.1, 0.15) is 32.1 Å². The molecule has 5 fully saturated rings. The van der Waals surface area contributed by atoms with Gasteiger partial charge in [-0.15, -0.1) is 0 Å². The van der Waals surface area contributed by atoms with E-state index in [2.05, 4.69) is 45.4 Å². The van der Waals surface area contributed by atoms with Gasteiger partial charge in [0.05, 0.1) is 17.6 Å². The number of para-hydroxylation sites is 2. The molecule has 0 radical (unpaired) electrons. The molecule has 9 nitrogen and oxygen atoms in total. The molecule has 0 spiro atoms. The number of urea groups is 1. The van der Waals surface area contributed by atoms with E-state index in [1.54, 1.807) is 4.31 Å². The van der Waals surface area contributed by atoms with E-state index >= 15 is 0 Å². The normalized spacial score (nSPS) is 31.3. The number of carbonyl (C=O) groups excluding carboxylic acids is 1. The number of anilines is 4. The maximum atomic E-state index is 13.8. The predicted octanol–water partition coefficient (Wildman–Crippen LogP) is 3.62. The zero-order valence-corrected chi connectivity index (χ0v) is 24.6. The van der Waals surface area contributed by atoms with E-state index < -0.39 is 10.0 Å². The summed E-state index contributed by atoms with van der Waals surface area (Å²) >= 11 is 0. The lowest BCUT2D eigenvalue weighted by atomic mass is 9.48. The van der Waals surface area contributed by atoms with Gasteiger partial charge in [0, 0.05) is 63.3 Å². The molecule has 2 aromatic rings. The Bertz CT molecular complexity index is 1390. The van der Waals surface area contributed by atoms with Crippen LogP contribution in [0, 0.1) is 23.2 Å². The zero-order chi connectivity index (χ0) is 28.4. The van der Waals surface area contributed by atoms with Gasteiger partial charge in [0.2, 0.25) is 10.0 Å². The SMILES string of the molecule is CS(=O)(=O)N1CCN(c2ccc(N3CCN(C(=O)NC4[C@@H]5CC6C[C@H]4CC(CO)(C6)C5)c4ccccc43)cc2)CC1. The molecule has 6 aliphatic rings. The summed E-state index contributed by atoms with van der Waals surface area (Å²) < 4.78 is 25.3. The molecule has 0 aromatic heterocycles. The Morgan fingerprint density at radius 3 is 2.15 bits per heavy atom. The lowest BCUT2D eigenvalue weighted by Gasteiger charge is -2.59. The van der Waals surface area contributed by atoms with E-state index in [0.29, 0.717) is 57.0 Å². The lowest BCUT2D eigenvalue weighted by Crippen LogP contribution is -2.62. The van der Waals surface area contributed by atoms with Crippen LogP contribution >= 0.6 is 0 Å². The average molecular weight is 580 g/mol. The number of sulfonamides is 1. The Kier molecular flexibility index (Phi) is 6.71. The number of piperazine rings is 1. The molecular weight excluding hydrogens is 538 g/mol. The highest BCUT2D eigenvalue weighted by Gasteiger charge is 2.55. The smallest absolute Gasteiger partial charge is 0.322 e. The van der Waals surface area contributed by atoms with Crippen LogP contribution < -0.4 is 20.0 Å². The summed E-state index contributed by atoms with van der Waals surface area (Å²) in [6.45, 7) is 3.94. The number of carbonyl (C=O) groups is 1. The summed E-state index contributed by atoms with van der Waals surface area (Å²) in [6.07, 6.45) is 6.86. The number of amides is 2. The number of nitrogens with zero attached hydrogens (tertiary/aromatic N) is 4. The van der Waals surface area contributed by atoms with E-state index in [-0.39, 0.29) is 24.1 Å². The van der Waals surface area contributed by atoms with Crippen LogP contribution in [0.2, 0.25) is 0 Å². The highest BCUT2D eigenvalue weighted by atomic mass is 32.2. The minimum atomic E-state index is -3.15. The van der Waals surface area contributed by atoms with Crippen LogP contribution in [0.15, 0.2) is 48.5 Å². The van der Waals surface area contributed by atoms with Crippen molar-refractivity contribution in [1.82, 2.24) is 9.62 Å². The standard InChI is InChI=1S/C31H41N5O4S/c1-41(39,40)34-12-10-33(11-13-34)25-6-8-26(9-7-25)35-14-15-36(28-5-3-2-4-27(28)35)30(38)32-29-23-16-22-17-24(29)20-31(18-22,19-23)21-37/h2-9,22-24,29,37H,10-21H2,1H3,(H,32,38)/t22?,23-,24+,29?,31?. The molecule has 4 bridgehead atoms. The number of rotatable bonds is 5. The van der Waals surface area contributed by atoms with Gasteiger partial charge >= 0.3 is 6.03 Å². The Hall–Kier alpha value is -2.82. The van der Waals surface area contributed by atoms with Gasteiger partial charge in [-0.3, -0.25) is 4.90 Å². The quantitative estimate of drug-likeness (QED) is 0.562. The van der Waals surface area contributed by atoms with Gasteiger partial charge in [-0.25, -0.2) is 13.2 Å².